The zero-order valence-electron chi connectivity index (χ0n) is 47.8. The summed E-state index contributed by atoms with van der Waals surface area (Å²) in [5, 5.41) is 23.4. The van der Waals surface area contributed by atoms with Gasteiger partial charge in [-0.15, -0.1) is 0 Å². The minimum absolute atomic E-state index is 0.00426. The molecule has 0 aromatic carbocycles. The first-order chi connectivity index (χ1) is 34.5. The Morgan fingerprint density at radius 3 is 0.871 bits per heavy atom. The Hall–Kier alpha value is -1.14. The van der Waals surface area contributed by atoms with Crippen LogP contribution in [0.4, 0.5) is 0 Å². The standard InChI is InChI=1S/C64H127NO5/c1-3-5-7-9-11-13-15-17-19-21-23-25-26-28-32-36-40-44-48-52-56-62(67)61(60-66)65-63(68)57-53-49-45-41-37-33-30-31-35-39-43-47-51-55-59-70-64(69)58-54-50-46-42-38-34-29-27-24-22-20-18-16-14-12-10-8-6-4-2/h61-62,66-67H,3-60H2,1-2H3,(H,65,68). The van der Waals surface area contributed by atoms with Gasteiger partial charge < -0.3 is 20.3 Å². The Balaban J connectivity index is 3.40. The first-order valence-electron chi connectivity index (χ1n) is 32.3. The van der Waals surface area contributed by atoms with Crippen molar-refractivity contribution < 1.29 is 24.5 Å². The molecule has 70 heavy (non-hydrogen) atoms. The Bertz CT molecular complexity index is 1010. The lowest BCUT2D eigenvalue weighted by Gasteiger charge is -2.22. The topological polar surface area (TPSA) is 95.9 Å². The molecule has 2 atom stereocenters. The minimum atomic E-state index is -0.671. The fraction of sp³-hybridized carbons (Fsp3) is 0.969. The highest BCUT2D eigenvalue weighted by atomic mass is 16.5. The molecule has 0 spiro atoms. The van der Waals surface area contributed by atoms with Crippen molar-refractivity contribution in [1.82, 2.24) is 5.32 Å². The number of hydrogen-bond donors (Lipinski definition) is 3. The predicted octanol–water partition coefficient (Wildman–Crippen LogP) is 20.3. The number of ether oxygens (including phenoxy) is 1. The van der Waals surface area contributed by atoms with E-state index < -0.39 is 12.1 Å². The fourth-order valence-electron chi connectivity index (χ4n) is 10.5. The maximum absolute atomic E-state index is 12.5. The molecule has 2 unspecified atom stereocenters. The molecule has 0 aromatic heterocycles. The highest BCUT2D eigenvalue weighted by Crippen LogP contribution is 2.19. The van der Waals surface area contributed by atoms with Gasteiger partial charge >= 0.3 is 5.97 Å². The average molecular weight is 991 g/mol. The van der Waals surface area contributed by atoms with E-state index in [9.17, 15) is 19.8 Å². The van der Waals surface area contributed by atoms with Crippen LogP contribution in [0, 0.1) is 0 Å². The number of carbonyl (C=O) groups is 2. The second-order valence-corrected chi connectivity index (χ2v) is 22.5. The molecule has 0 rings (SSSR count). The number of amides is 1. The normalized spacial score (nSPS) is 12.5. The van der Waals surface area contributed by atoms with Gasteiger partial charge in [-0.3, -0.25) is 9.59 Å². The van der Waals surface area contributed by atoms with E-state index in [1.54, 1.807) is 0 Å². The second kappa shape index (κ2) is 60.4. The third kappa shape index (κ3) is 56.2. The van der Waals surface area contributed by atoms with Gasteiger partial charge in [-0.05, 0) is 25.7 Å². The molecular weight excluding hydrogens is 863 g/mol. The molecule has 0 saturated heterocycles. The van der Waals surface area contributed by atoms with Crippen molar-refractivity contribution in [3.63, 3.8) is 0 Å². The van der Waals surface area contributed by atoms with Crippen LogP contribution in [0.15, 0.2) is 0 Å². The predicted molar refractivity (Wildman–Crippen MR) is 306 cm³/mol. The molecule has 6 nitrogen and oxygen atoms in total. The van der Waals surface area contributed by atoms with Crippen LogP contribution >= 0.6 is 0 Å². The monoisotopic (exact) mass is 990 g/mol. The summed E-state index contributed by atoms with van der Waals surface area (Å²) < 4.78 is 5.50. The number of nitrogens with one attached hydrogen (secondary N) is 1. The Labute approximate surface area is 438 Å². The van der Waals surface area contributed by atoms with Gasteiger partial charge in [0.15, 0.2) is 0 Å². The summed E-state index contributed by atoms with van der Waals surface area (Å²) in [6.45, 7) is 4.98. The summed E-state index contributed by atoms with van der Waals surface area (Å²) >= 11 is 0. The SMILES string of the molecule is CCCCCCCCCCCCCCCCCCCCCCC(O)C(CO)NC(=O)CCCCCCCCCCCCCCCCOC(=O)CCCCCCCCCCCCCCCCCCCCC. The van der Waals surface area contributed by atoms with E-state index in [0.717, 1.165) is 51.4 Å². The third-order valence-corrected chi connectivity index (χ3v) is 15.4. The zero-order valence-corrected chi connectivity index (χ0v) is 47.8. The van der Waals surface area contributed by atoms with E-state index in [4.69, 9.17) is 4.74 Å². The van der Waals surface area contributed by atoms with Crippen molar-refractivity contribution in [2.75, 3.05) is 13.2 Å². The van der Waals surface area contributed by atoms with Gasteiger partial charge in [0.1, 0.15) is 0 Å². The van der Waals surface area contributed by atoms with E-state index in [1.807, 2.05) is 0 Å². The largest absolute Gasteiger partial charge is 0.466 e. The van der Waals surface area contributed by atoms with Gasteiger partial charge in [0, 0.05) is 12.8 Å². The molecular formula is C64H127NO5. The highest BCUT2D eigenvalue weighted by molar-refractivity contribution is 5.76. The van der Waals surface area contributed by atoms with Crippen LogP contribution in [0.3, 0.4) is 0 Å². The van der Waals surface area contributed by atoms with Gasteiger partial charge in [0.25, 0.3) is 0 Å². The molecule has 0 fully saturated rings. The van der Waals surface area contributed by atoms with E-state index in [-0.39, 0.29) is 18.5 Å². The van der Waals surface area contributed by atoms with Crippen molar-refractivity contribution >= 4 is 11.9 Å². The fourth-order valence-corrected chi connectivity index (χ4v) is 10.5. The number of aliphatic hydroxyl groups is 2. The van der Waals surface area contributed by atoms with Gasteiger partial charge in [0.2, 0.25) is 5.91 Å². The molecule has 3 N–H and O–H groups in total. The molecule has 0 aliphatic rings. The molecule has 0 bridgehead atoms. The average Bonchev–Trinajstić information content (AvgIpc) is 3.36. The number of rotatable bonds is 61. The van der Waals surface area contributed by atoms with Crippen LogP contribution in [0.1, 0.15) is 373 Å². The quantitative estimate of drug-likeness (QED) is 0.0417. The maximum Gasteiger partial charge on any atom is 0.305 e. The summed E-state index contributed by atoms with van der Waals surface area (Å²) in [4.78, 5) is 24.6. The molecule has 0 saturated carbocycles. The third-order valence-electron chi connectivity index (χ3n) is 15.4. The van der Waals surface area contributed by atoms with Crippen LogP contribution < -0.4 is 5.32 Å². The van der Waals surface area contributed by atoms with E-state index >= 15 is 0 Å². The first kappa shape index (κ1) is 68.9. The smallest absolute Gasteiger partial charge is 0.305 e. The molecule has 0 aliphatic heterocycles. The number of esters is 1. The Morgan fingerprint density at radius 2 is 0.586 bits per heavy atom. The lowest BCUT2D eigenvalue weighted by atomic mass is 10.0. The minimum Gasteiger partial charge on any atom is -0.466 e. The first-order valence-corrected chi connectivity index (χ1v) is 32.3. The van der Waals surface area contributed by atoms with Crippen LogP contribution in [-0.4, -0.2) is 47.4 Å². The Kier molecular flexibility index (Phi) is 59.4. The van der Waals surface area contributed by atoms with Gasteiger partial charge in [0.05, 0.1) is 25.4 Å². The van der Waals surface area contributed by atoms with Gasteiger partial charge in [-0.25, -0.2) is 0 Å². The maximum atomic E-state index is 12.5. The number of carbonyl (C=O) groups excluding carboxylic acids is 2. The van der Waals surface area contributed by atoms with Crippen LogP contribution in [0.2, 0.25) is 0 Å². The Morgan fingerprint density at radius 1 is 0.343 bits per heavy atom. The zero-order chi connectivity index (χ0) is 50.7. The van der Waals surface area contributed by atoms with Crippen molar-refractivity contribution in [2.45, 2.75) is 386 Å². The molecule has 6 heteroatoms. The highest BCUT2D eigenvalue weighted by Gasteiger charge is 2.20. The van der Waals surface area contributed by atoms with Gasteiger partial charge in [-0.2, -0.15) is 0 Å². The lowest BCUT2D eigenvalue weighted by Crippen LogP contribution is -2.45. The summed E-state index contributed by atoms with van der Waals surface area (Å²) in [5.74, 6) is -0.0362. The molecule has 0 aromatic rings. The lowest BCUT2D eigenvalue weighted by molar-refractivity contribution is -0.143. The van der Waals surface area contributed by atoms with E-state index in [0.29, 0.717) is 25.9 Å². The summed E-state index contributed by atoms with van der Waals surface area (Å²) in [7, 11) is 0. The molecule has 0 radical (unpaired) electrons. The number of unbranched alkanes of at least 4 members (excludes halogenated alkanes) is 50. The summed E-state index contributed by atoms with van der Waals surface area (Å²) in [6, 6.07) is -0.549. The molecule has 0 aliphatic carbocycles. The molecule has 0 heterocycles. The number of hydrogen-bond acceptors (Lipinski definition) is 5. The summed E-state index contributed by atoms with van der Waals surface area (Å²) in [5.41, 5.74) is 0. The van der Waals surface area contributed by atoms with Crippen molar-refractivity contribution in [3.8, 4) is 0 Å². The second-order valence-electron chi connectivity index (χ2n) is 22.5. The van der Waals surface area contributed by atoms with Crippen molar-refractivity contribution in [2.24, 2.45) is 0 Å². The van der Waals surface area contributed by atoms with Crippen LogP contribution in [-0.2, 0) is 14.3 Å². The molecule has 1 amide bonds. The van der Waals surface area contributed by atoms with Gasteiger partial charge in [-0.1, -0.05) is 335 Å². The van der Waals surface area contributed by atoms with E-state index in [1.165, 1.54) is 289 Å². The van der Waals surface area contributed by atoms with Crippen molar-refractivity contribution in [3.05, 3.63) is 0 Å². The van der Waals surface area contributed by atoms with E-state index in [2.05, 4.69) is 19.2 Å². The number of aliphatic hydroxyl groups excluding tert-OH is 2. The van der Waals surface area contributed by atoms with Crippen molar-refractivity contribution in [1.29, 1.82) is 0 Å². The summed E-state index contributed by atoms with van der Waals surface area (Å²) in [6.07, 6.45) is 71.1. The van der Waals surface area contributed by atoms with Crippen LogP contribution in [0.5, 0.6) is 0 Å². The molecule has 418 valence electrons. The van der Waals surface area contributed by atoms with Crippen LogP contribution in [0.25, 0.3) is 0 Å².